The molecule has 0 spiro atoms. The summed E-state index contributed by atoms with van der Waals surface area (Å²) in [5, 5.41) is 0. The number of benzene rings is 1. The van der Waals surface area contributed by atoms with E-state index in [2.05, 4.69) is 4.98 Å². The van der Waals surface area contributed by atoms with Crippen LogP contribution >= 0.6 is 0 Å². The van der Waals surface area contributed by atoms with Crippen LogP contribution in [0.25, 0.3) is 0 Å². The third-order valence-corrected chi connectivity index (χ3v) is 2.48. The topological polar surface area (TPSA) is 48.4 Å². The summed E-state index contributed by atoms with van der Waals surface area (Å²) in [7, 11) is 0. The molecule has 0 atom stereocenters. The maximum Gasteiger partial charge on any atom is 0.340 e. The van der Waals surface area contributed by atoms with Crippen LogP contribution < -0.4 is 4.74 Å². The number of ether oxygens (including phenoxy) is 2. The molecule has 0 saturated carbocycles. The second-order valence-electron chi connectivity index (χ2n) is 3.90. The first-order chi connectivity index (χ1) is 9.29. The smallest absolute Gasteiger partial charge is 0.340 e. The number of hydrogen-bond donors (Lipinski definition) is 0. The third kappa shape index (κ3) is 3.81. The second-order valence-corrected chi connectivity index (χ2v) is 3.90. The van der Waals surface area contributed by atoms with E-state index in [1.165, 1.54) is 6.20 Å². The summed E-state index contributed by atoms with van der Waals surface area (Å²) < 4.78 is 10.6. The summed E-state index contributed by atoms with van der Waals surface area (Å²) >= 11 is 0. The third-order valence-electron chi connectivity index (χ3n) is 2.48. The van der Waals surface area contributed by atoms with Gasteiger partial charge < -0.3 is 9.47 Å². The minimum absolute atomic E-state index is 0.217. The molecule has 0 N–H and O–H groups in total. The van der Waals surface area contributed by atoms with Crippen LogP contribution in [0.5, 0.6) is 5.75 Å². The molecule has 4 heteroatoms. The highest BCUT2D eigenvalue weighted by molar-refractivity contribution is 5.88. The van der Waals surface area contributed by atoms with Gasteiger partial charge in [0.25, 0.3) is 0 Å². The first-order valence-electron chi connectivity index (χ1n) is 6.08. The van der Waals surface area contributed by atoms with Gasteiger partial charge in [-0.2, -0.15) is 0 Å². The molecule has 0 radical (unpaired) electrons. The zero-order chi connectivity index (χ0) is 13.5. The van der Waals surface area contributed by atoms with E-state index in [4.69, 9.17) is 9.47 Å². The molecule has 19 heavy (non-hydrogen) atoms. The van der Waals surface area contributed by atoms with Crippen LogP contribution in [0.2, 0.25) is 0 Å². The zero-order valence-electron chi connectivity index (χ0n) is 10.7. The minimum Gasteiger partial charge on any atom is -0.494 e. The normalized spacial score (nSPS) is 9.95. The number of hydrogen-bond acceptors (Lipinski definition) is 4. The molecule has 4 nitrogen and oxygen atoms in total. The SMILES string of the molecule is CCOc1cccc(COC(=O)c2cccnc2)c1. The molecule has 0 saturated heterocycles. The zero-order valence-corrected chi connectivity index (χ0v) is 10.7. The van der Waals surface area contributed by atoms with Crippen LogP contribution in [-0.4, -0.2) is 17.6 Å². The van der Waals surface area contributed by atoms with Crippen LogP contribution in [0.1, 0.15) is 22.8 Å². The van der Waals surface area contributed by atoms with Gasteiger partial charge in [0.1, 0.15) is 12.4 Å². The van der Waals surface area contributed by atoms with Gasteiger partial charge in [0, 0.05) is 12.4 Å². The second kappa shape index (κ2) is 6.54. The fourth-order valence-corrected chi connectivity index (χ4v) is 1.61. The highest BCUT2D eigenvalue weighted by atomic mass is 16.5. The lowest BCUT2D eigenvalue weighted by Gasteiger charge is -2.07. The van der Waals surface area contributed by atoms with Crippen molar-refractivity contribution < 1.29 is 14.3 Å². The molecule has 0 aliphatic carbocycles. The molecule has 98 valence electrons. The maximum atomic E-state index is 11.7. The molecular formula is C15H15NO3. The van der Waals surface area contributed by atoms with Crippen LogP contribution in [0.4, 0.5) is 0 Å². The van der Waals surface area contributed by atoms with E-state index in [1.54, 1.807) is 18.3 Å². The number of nitrogens with zero attached hydrogens (tertiary/aromatic N) is 1. The van der Waals surface area contributed by atoms with E-state index >= 15 is 0 Å². The summed E-state index contributed by atoms with van der Waals surface area (Å²) in [5.74, 6) is 0.396. The Labute approximate surface area is 112 Å². The number of carbonyl (C=O) groups excluding carboxylic acids is 1. The Bertz CT molecular complexity index is 540. The molecule has 0 unspecified atom stereocenters. The first kappa shape index (κ1) is 13.1. The van der Waals surface area contributed by atoms with Crippen molar-refractivity contribution in [3.8, 4) is 5.75 Å². The largest absolute Gasteiger partial charge is 0.494 e. The standard InChI is InChI=1S/C15H15NO3/c1-2-18-14-7-3-5-12(9-14)11-19-15(17)13-6-4-8-16-10-13/h3-10H,2,11H2,1H3. The monoisotopic (exact) mass is 257 g/mol. The summed E-state index contributed by atoms with van der Waals surface area (Å²) in [6.45, 7) is 2.75. The van der Waals surface area contributed by atoms with Gasteiger partial charge in [0.2, 0.25) is 0 Å². The van der Waals surface area contributed by atoms with Crippen molar-refractivity contribution >= 4 is 5.97 Å². The van der Waals surface area contributed by atoms with E-state index in [9.17, 15) is 4.79 Å². The van der Waals surface area contributed by atoms with E-state index in [0.717, 1.165) is 11.3 Å². The molecule has 2 aromatic rings. The molecule has 0 aliphatic rings. The number of esters is 1. The van der Waals surface area contributed by atoms with Crippen molar-refractivity contribution in [2.24, 2.45) is 0 Å². The highest BCUT2D eigenvalue weighted by Crippen LogP contribution is 2.14. The molecule has 0 aliphatic heterocycles. The van der Waals surface area contributed by atoms with Crippen molar-refractivity contribution in [1.82, 2.24) is 4.98 Å². The average Bonchev–Trinajstić information content (AvgIpc) is 2.46. The first-order valence-corrected chi connectivity index (χ1v) is 6.08. The molecule has 1 aromatic heterocycles. The maximum absolute atomic E-state index is 11.7. The number of carbonyl (C=O) groups is 1. The van der Waals surface area contributed by atoms with E-state index in [0.29, 0.717) is 12.2 Å². The van der Waals surface area contributed by atoms with Crippen molar-refractivity contribution in [2.45, 2.75) is 13.5 Å². The molecule has 0 fully saturated rings. The lowest BCUT2D eigenvalue weighted by atomic mass is 10.2. The van der Waals surface area contributed by atoms with Gasteiger partial charge in [0.05, 0.1) is 12.2 Å². The number of pyridine rings is 1. The Morgan fingerprint density at radius 1 is 1.26 bits per heavy atom. The Kier molecular flexibility index (Phi) is 4.50. The summed E-state index contributed by atoms with van der Waals surface area (Å²) in [5.41, 5.74) is 1.34. The fraction of sp³-hybridized carbons (Fsp3) is 0.200. The highest BCUT2D eigenvalue weighted by Gasteiger charge is 2.07. The van der Waals surface area contributed by atoms with Crippen molar-refractivity contribution in [3.63, 3.8) is 0 Å². The summed E-state index contributed by atoms with van der Waals surface area (Å²) in [4.78, 5) is 15.6. The predicted molar refractivity (Wildman–Crippen MR) is 71.0 cm³/mol. The van der Waals surface area contributed by atoms with E-state index < -0.39 is 0 Å². The summed E-state index contributed by atoms with van der Waals surface area (Å²) in [6, 6.07) is 10.9. The minimum atomic E-state index is -0.380. The molecule has 1 aromatic carbocycles. The molecule has 1 heterocycles. The predicted octanol–water partition coefficient (Wildman–Crippen LogP) is 2.84. The quantitative estimate of drug-likeness (QED) is 0.773. The molecule has 2 rings (SSSR count). The molecular weight excluding hydrogens is 242 g/mol. The van der Waals surface area contributed by atoms with E-state index in [1.807, 2.05) is 31.2 Å². The number of aromatic nitrogens is 1. The lowest BCUT2D eigenvalue weighted by molar-refractivity contribution is 0.0472. The lowest BCUT2D eigenvalue weighted by Crippen LogP contribution is -2.05. The summed E-state index contributed by atoms with van der Waals surface area (Å²) in [6.07, 6.45) is 3.10. The van der Waals surface area contributed by atoms with Crippen LogP contribution in [0.15, 0.2) is 48.8 Å². The van der Waals surface area contributed by atoms with Crippen molar-refractivity contribution in [1.29, 1.82) is 0 Å². The van der Waals surface area contributed by atoms with Gasteiger partial charge in [-0.15, -0.1) is 0 Å². The van der Waals surface area contributed by atoms with Gasteiger partial charge in [-0.1, -0.05) is 12.1 Å². The Hall–Kier alpha value is -2.36. The van der Waals surface area contributed by atoms with Gasteiger partial charge in [-0.3, -0.25) is 4.98 Å². The van der Waals surface area contributed by atoms with Gasteiger partial charge >= 0.3 is 5.97 Å². The number of rotatable bonds is 5. The molecule has 0 amide bonds. The Morgan fingerprint density at radius 2 is 2.16 bits per heavy atom. The van der Waals surface area contributed by atoms with Gasteiger partial charge in [0.15, 0.2) is 0 Å². The van der Waals surface area contributed by atoms with Gasteiger partial charge in [-0.25, -0.2) is 4.79 Å². The van der Waals surface area contributed by atoms with Crippen LogP contribution in [0.3, 0.4) is 0 Å². The van der Waals surface area contributed by atoms with Crippen molar-refractivity contribution in [3.05, 3.63) is 59.9 Å². The Morgan fingerprint density at radius 3 is 2.89 bits per heavy atom. The molecule has 0 bridgehead atoms. The van der Waals surface area contributed by atoms with Gasteiger partial charge in [-0.05, 0) is 36.8 Å². The fourth-order valence-electron chi connectivity index (χ4n) is 1.61. The van der Waals surface area contributed by atoms with Crippen LogP contribution in [0, 0.1) is 0 Å². The average molecular weight is 257 g/mol. The van der Waals surface area contributed by atoms with E-state index in [-0.39, 0.29) is 12.6 Å². The van der Waals surface area contributed by atoms with Crippen LogP contribution in [-0.2, 0) is 11.3 Å². The van der Waals surface area contributed by atoms with Crippen molar-refractivity contribution in [2.75, 3.05) is 6.61 Å². The Balaban J connectivity index is 1.95.